The highest BCUT2D eigenvalue weighted by Crippen LogP contribution is 2.36. The first-order chi connectivity index (χ1) is 10.7. The maximum atomic E-state index is 13.0. The molecular weight excluding hydrogens is 368 g/mol. The molecule has 0 unspecified atom stereocenters. The van der Waals surface area contributed by atoms with Crippen LogP contribution in [0.5, 0.6) is 0 Å². The molecule has 0 fully saturated rings. The fourth-order valence-electron chi connectivity index (χ4n) is 1.88. The molecular formula is C15H11Cl2F3N2S. The predicted molar refractivity (Wildman–Crippen MR) is 92.5 cm³/mol. The van der Waals surface area contributed by atoms with Crippen LogP contribution in [0.15, 0.2) is 36.4 Å². The Kier molecular flexibility index (Phi) is 5.39. The van der Waals surface area contributed by atoms with Gasteiger partial charge in [-0.15, -0.1) is 0 Å². The van der Waals surface area contributed by atoms with Crippen molar-refractivity contribution >= 4 is 51.9 Å². The van der Waals surface area contributed by atoms with Gasteiger partial charge in [-0.1, -0.05) is 29.3 Å². The lowest BCUT2D eigenvalue weighted by molar-refractivity contribution is -0.136. The van der Waals surface area contributed by atoms with Crippen molar-refractivity contribution in [3.63, 3.8) is 0 Å². The minimum Gasteiger partial charge on any atom is -0.332 e. The second-order valence-electron chi connectivity index (χ2n) is 4.68. The summed E-state index contributed by atoms with van der Waals surface area (Å²) in [7, 11) is 0. The van der Waals surface area contributed by atoms with E-state index in [2.05, 4.69) is 10.6 Å². The number of halogens is 5. The van der Waals surface area contributed by atoms with Crippen LogP contribution in [-0.4, -0.2) is 5.11 Å². The van der Waals surface area contributed by atoms with Gasteiger partial charge in [-0.05, 0) is 55.0 Å². The molecule has 2 rings (SSSR count). The van der Waals surface area contributed by atoms with Gasteiger partial charge >= 0.3 is 6.18 Å². The second-order valence-corrected chi connectivity index (χ2v) is 5.93. The summed E-state index contributed by atoms with van der Waals surface area (Å²) in [4.78, 5) is 0. The highest BCUT2D eigenvalue weighted by atomic mass is 35.5. The van der Waals surface area contributed by atoms with Crippen LogP contribution in [0.25, 0.3) is 0 Å². The molecule has 0 heterocycles. The average molecular weight is 379 g/mol. The van der Waals surface area contributed by atoms with Gasteiger partial charge in [0.25, 0.3) is 0 Å². The van der Waals surface area contributed by atoms with E-state index >= 15 is 0 Å². The topological polar surface area (TPSA) is 24.1 Å². The lowest BCUT2D eigenvalue weighted by Gasteiger charge is -2.17. The van der Waals surface area contributed by atoms with Gasteiger partial charge in [-0.3, -0.25) is 0 Å². The molecule has 2 N–H and O–H groups in total. The number of rotatable bonds is 2. The smallest absolute Gasteiger partial charge is 0.332 e. The first-order valence-corrected chi connectivity index (χ1v) is 7.55. The van der Waals surface area contributed by atoms with Gasteiger partial charge in [0.2, 0.25) is 0 Å². The van der Waals surface area contributed by atoms with Crippen LogP contribution in [0.1, 0.15) is 11.1 Å². The van der Waals surface area contributed by atoms with Gasteiger partial charge in [0.1, 0.15) is 0 Å². The molecule has 0 saturated heterocycles. The summed E-state index contributed by atoms with van der Waals surface area (Å²) in [6.07, 6.45) is -4.55. The second kappa shape index (κ2) is 6.95. The molecule has 2 nitrogen and oxygen atoms in total. The number of thiocarbonyl (C=S) groups is 1. The van der Waals surface area contributed by atoms with E-state index < -0.39 is 11.7 Å². The van der Waals surface area contributed by atoms with E-state index in [0.717, 1.165) is 11.6 Å². The van der Waals surface area contributed by atoms with Gasteiger partial charge in [0.05, 0.1) is 11.3 Å². The van der Waals surface area contributed by atoms with Crippen LogP contribution < -0.4 is 10.6 Å². The standard InChI is InChI=1S/C15H11Cl2F3N2S/c1-8-11(17)3-2-4-12(8)21-14(23)22-13-6-5-9(16)7-10(13)15(18,19)20/h2-7H,1H3,(H2,21,22,23). The maximum Gasteiger partial charge on any atom is 0.418 e. The number of hydrogen-bond acceptors (Lipinski definition) is 1. The van der Waals surface area contributed by atoms with E-state index in [1.807, 2.05) is 0 Å². The minimum absolute atomic E-state index is 0.00700. The number of benzene rings is 2. The van der Waals surface area contributed by atoms with Crippen molar-refractivity contribution in [1.29, 1.82) is 0 Å². The molecule has 0 saturated carbocycles. The quantitative estimate of drug-likeness (QED) is 0.614. The fourth-order valence-corrected chi connectivity index (χ4v) is 2.45. The van der Waals surface area contributed by atoms with Crippen LogP contribution in [0.2, 0.25) is 10.0 Å². The molecule has 122 valence electrons. The summed E-state index contributed by atoms with van der Waals surface area (Å²) >= 11 is 16.7. The number of nitrogens with one attached hydrogen (secondary N) is 2. The zero-order valence-electron chi connectivity index (χ0n) is 11.8. The molecule has 0 aromatic heterocycles. The van der Waals surface area contributed by atoms with E-state index in [9.17, 15) is 13.2 Å². The highest BCUT2D eigenvalue weighted by molar-refractivity contribution is 7.80. The predicted octanol–water partition coefficient (Wildman–Crippen LogP) is 6.13. The zero-order valence-corrected chi connectivity index (χ0v) is 14.1. The van der Waals surface area contributed by atoms with Gasteiger partial charge < -0.3 is 10.6 Å². The third kappa shape index (κ3) is 4.50. The number of alkyl halides is 3. The first kappa shape index (κ1) is 17.8. The van der Waals surface area contributed by atoms with E-state index in [-0.39, 0.29) is 15.8 Å². The molecule has 0 spiro atoms. The van der Waals surface area contributed by atoms with Crippen molar-refractivity contribution in [3.8, 4) is 0 Å². The van der Waals surface area contributed by atoms with Gasteiger partial charge in [0, 0.05) is 15.7 Å². The average Bonchev–Trinajstić information content (AvgIpc) is 2.45. The van der Waals surface area contributed by atoms with Gasteiger partial charge in [0.15, 0.2) is 5.11 Å². The van der Waals surface area contributed by atoms with Crippen molar-refractivity contribution in [1.82, 2.24) is 0 Å². The molecule has 2 aromatic carbocycles. The Labute approximate surface area is 146 Å². The Balaban J connectivity index is 2.23. The van der Waals surface area contributed by atoms with Crippen LogP contribution in [0.3, 0.4) is 0 Å². The molecule has 0 radical (unpaired) electrons. The lowest BCUT2D eigenvalue weighted by Crippen LogP contribution is -2.22. The first-order valence-electron chi connectivity index (χ1n) is 6.38. The monoisotopic (exact) mass is 378 g/mol. The van der Waals surface area contributed by atoms with Crippen LogP contribution >= 0.6 is 35.4 Å². The van der Waals surface area contributed by atoms with Crippen molar-refractivity contribution < 1.29 is 13.2 Å². The highest BCUT2D eigenvalue weighted by Gasteiger charge is 2.34. The third-order valence-corrected chi connectivity index (χ3v) is 3.90. The SMILES string of the molecule is Cc1c(Cl)cccc1NC(=S)Nc1ccc(Cl)cc1C(F)(F)F. The van der Waals surface area contributed by atoms with Gasteiger partial charge in [-0.2, -0.15) is 13.2 Å². The van der Waals surface area contributed by atoms with Gasteiger partial charge in [-0.25, -0.2) is 0 Å². The summed E-state index contributed by atoms with van der Waals surface area (Å²) in [5.41, 5.74) is 0.277. The molecule has 2 aromatic rings. The fraction of sp³-hybridized carbons (Fsp3) is 0.133. The molecule has 0 amide bonds. The normalized spacial score (nSPS) is 11.2. The Hall–Kier alpha value is -1.50. The molecule has 0 bridgehead atoms. The summed E-state index contributed by atoms with van der Waals surface area (Å²) in [5, 5.41) is 5.90. The third-order valence-electron chi connectivity index (χ3n) is 3.05. The molecule has 0 aliphatic heterocycles. The summed E-state index contributed by atoms with van der Waals surface area (Å²) < 4.78 is 39.1. The van der Waals surface area contributed by atoms with Crippen molar-refractivity contribution in [3.05, 3.63) is 57.6 Å². The molecule has 0 aliphatic rings. The molecule has 23 heavy (non-hydrogen) atoms. The lowest BCUT2D eigenvalue weighted by atomic mass is 10.1. The van der Waals surface area contributed by atoms with E-state index in [0.29, 0.717) is 10.7 Å². The van der Waals surface area contributed by atoms with Crippen LogP contribution in [0, 0.1) is 6.92 Å². The van der Waals surface area contributed by atoms with Crippen LogP contribution in [-0.2, 0) is 6.18 Å². The van der Waals surface area contributed by atoms with Crippen molar-refractivity contribution in [2.45, 2.75) is 13.1 Å². The Morgan fingerprint density at radius 1 is 1.04 bits per heavy atom. The van der Waals surface area contributed by atoms with E-state index in [1.165, 1.54) is 12.1 Å². The Morgan fingerprint density at radius 3 is 2.35 bits per heavy atom. The largest absolute Gasteiger partial charge is 0.418 e. The molecule has 8 heteroatoms. The molecule has 0 aliphatic carbocycles. The summed E-state index contributed by atoms with van der Waals surface area (Å²) in [6.45, 7) is 1.77. The number of hydrogen-bond donors (Lipinski definition) is 2. The number of anilines is 2. The summed E-state index contributed by atoms with van der Waals surface area (Å²) in [6, 6.07) is 8.57. The van der Waals surface area contributed by atoms with Crippen LogP contribution in [0.4, 0.5) is 24.5 Å². The zero-order chi connectivity index (χ0) is 17.2. The van der Waals surface area contributed by atoms with Crippen molar-refractivity contribution in [2.75, 3.05) is 10.6 Å². The Morgan fingerprint density at radius 2 is 1.70 bits per heavy atom. The Bertz CT molecular complexity index is 748. The minimum atomic E-state index is -4.55. The van der Waals surface area contributed by atoms with Crippen molar-refractivity contribution in [2.24, 2.45) is 0 Å². The maximum absolute atomic E-state index is 13.0. The molecule has 0 atom stereocenters. The van der Waals surface area contributed by atoms with E-state index in [1.54, 1.807) is 25.1 Å². The summed E-state index contributed by atoms with van der Waals surface area (Å²) in [5.74, 6) is 0. The van der Waals surface area contributed by atoms with E-state index in [4.69, 9.17) is 35.4 Å².